The van der Waals surface area contributed by atoms with Crippen LogP contribution in [0.4, 0.5) is 0 Å². The Morgan fingerprint density at radius 3 is 2.67 bits per heavy atom. The molecule has 3 N–H and O–H groups in total. The molecule has 1 aliphatic heterocycles. The molecule has 15 heavy (non-hydrogen) atoms. The van der Waals surface area contributed by atoms with Crippen LogP contribution in [0.1, 0.15) is 13.8 Å². The Morgan fingerprint density at radius 1 is 1.53 bits per heavy atom. The van der Waals surface area contributed by atoms with Gasteiger partial charge in [-0.2, -0.15) is 0 Å². The fraction of sp³-hybridized carbons (Fsp3) is 0.889. The SMILES string of the molecule is CC(C)(N)CNC(=O)C1COCCO1.Cl. The van der Waals surface area contributed by atoms with Gasteiger partial charge in [-0.3, -0.25) is 4.79 Å². The molecule has 1 atom stereocenters. The Balaban J connectivity index is 0.00000196. The molecule has 90 valence electrons. The number of hydrogen-bond donors (Lipinski definition) is 2. The molecule has 0 aromatic carbocycles. The van der Waals surface area contributed by atoms with Crippen LogP contribution in [0.15, 0.2) is 0 Å². The van der Waals surface area contributed by atoms with E-state index in [4.69, 9.17) is 15.2 Å². The summed E-state index contributed by atoms with van der Waals surface area (Å²) in [6.45, 7) is 5.51. The van der Waals surface area contributed by atoms with Gasteiger partial charge in [0, 0.05) is 12.1 Å². The molecule has 1 saturated heterocycles. The number of nitrogens with two attached hydrogens (primary N) is 1. The van der Waals surface area contributed by atoms with E-state index < -0.39 is 11.6 Å². The van der Waals surface area contributed by atoms with E-state index in [-0.39, 0.29) is 18.3 Å². The average Bonchev–Trinajstić information content (AvgIpc) is 2.14. The molecule has 0 aromatic rings. The lowest BCUT2D eigenvalue weighted by atomic mass is 10.1. The van der Waals surface area contributed by atoms with Crippen molar-refractivity contribution in [1.82, 2.24) is 5.32 Å². The summed E-state index contributed by atoms with van der Waals surface area (Å²) >= 11 is 0. The first kappa shape index (κ1) is 14.6. The summed E-state index contributed by atoms with van der Waals surface area (Å²) in [7, 11) is 0. The minimum atomic E-state index is -0.480. The van der Waals surface area contributed by atoms with Crippen molar-refractivity contribution in [3.8, 4) is 0 Å². The van der Waals surface area contributed by atoms with Gasteiger partial charge < -0.3 is 20.5 Å². The Labute approximate surface area is 96.1 Å². The molecule has 1 unspecified atom stereocenters. The highest BCUT2D eigenvalue weighted by atomic mass is 35.5. The molecular formula is C9H19ClN2O3. The number of ether oxygens (including phenoxy) is 2. The number of carbonyl (C=O) groups is 1. The zero-order valence-electron chi connectivity index (χ0n) is 9.12. The van der Waals surface area contributed by atoms with Crippen LogP contribution in [-0.2, 0) is 14.3 Å². The topological polar surface area (TPSA) is 73.6 Å². The highest BCUT2D eigenvalue weighted by Crippen LogP contribution is 2.01. The summed E-state index contributed by atoms with van der Waals surface area (Å²) < 4.78 is 10.3. The van der Waals surface area contributed by atoms with Crippen molar-refractivity contribution in [1.29, 1.82) is 0 Å². The molecule has 5 nitrogen and oxygen atoms in total. The average molecular weight is 239 g/mol. The van der Waals surface area contributed by atoms with Gasteiger partial charge in [0.1, 0.15) is 0 Å². The minimum Gasteiger partial charge on any atom is -0.376 e. The smallest absolute Gasteiger partial charge is 0.251 e. The first-order valence-electron chi connectivity index (χ1n) is 4.75. The third-order valence-corrected chi connectivity index (χ3v) is 1.83. The van der Waals surface area contributed by atoms with E-state index in [0.29, 0.717) is 26.4 Å². The third-order valence-electron chi connectivity index (χ3n) is 1.83. The second-order valence-electron chi connectivity index (χ2n) is 4.14. The summed E-state index contributed by atoms with van der Waals surface area (Å²) in [4.78, 5) is 11.5. The summed E-state index contributed by atoms with van der Waals surface area (Å²) in [5, 5.41) is 2.72. The van der Waals surface area contributed by atoms with Crippen molar-refractivity contribution in [2.24, 2.45) is 5.73 Å². The number of halogens is 1. The molecule has 0 aliphatic carbocycles. The molecule has 0 radical (unpaired) electrons. The highest BCUT2D eigenvalue weighted by molar-refractivity contribution is 5.85. The van der Waals surface area contributed by atoms with Crippen molar-refractivity contribution >= 4 is 18.3 Å². The second-order valence-corrected chi connectivity index (χ2v) is 4.14. The Kier molecular flexibility index (Phi) is 6.12. The molecule has 1 rings (SSSR count). The van der Waals surface area contributed by atoms with Crippen molar-refractivity contribution in [2.45, 2.75) is 25.5 Å². The van der Waals surface area contributed by atoms with Gasteiger partial charge in [-0.1, -0.05) is 0 Å². The predicted molar refractivity (Wildman–Crippen MR) is 59.1 cm³/mol. The zero-order valence-corrected chi connectivity index (χ0v) is 9.93. The van der Waals surface area contributed by atoms with Gasteiger partial charge in [-0.25, -0.2) is 0 Å². The summed E-state index contributed by atoms with van der Waals surface area (Å²) in [5.74, 6) is -0.150. The van der Waals surface area contributed by atoms with E-state index in [1.54, 1.807) is 0 Å². The van der Waals surface area contributed by atoms with E-state index in [0.717, 1.165) is 0 Å². The first-order valence-corrected chi connectivity index (χ1v) is 4.75. The maximum absolute atomic E-state index is 11.5. The number of amides is 1. The molecule has 1 amide bonds. The van der Waals surface area contributed by atoms with Crippen LogP contribution in [0.3, 0.4) is 0 Å². The van der Waals surface area contributed by atoms with Gasteiger partial charge in [0.05, 0.1) is 19.8 Å². The molecule has 1 aliphatic rings. The summed E-state index contributed by atoms with van der Waals surface area (Å²) in [6, 6.07) is 0. The van der Waals surface area contributed by atoms with Crippen molar-refractivity contribution in [2.75, 3.05) is 26.4 Å². The minimum absolute atomic E-state index is 0. The van der Waals surface area contributed by atoms with Gasteiger partial charge >= 0.3 is 0 Å². The van der Waals surface area contributed by atoms with Crippen LogP contribution >= 0.6 is 12.4 Å². The Hall–Kier alpha value is -0.360. The van der Waals surface area contributed by atoms with Crippen LogP contribution in [-0.4, -0.2) is 43.9 Å². The number of nitrogens with one attached hydrogen (secondary N) is 1. The van der Waals surface area contributed by atoms with Gasteiger partial charge in [0.25, 0.3) is 5.91 Å². The summed E-state index contributed by atoms with van der Waals surface area (Å²) in [6.07, 6.45) is -0.480. The van der Waals surface area contributed by atoms with Crippen molar-refractivity contribution in [3.05, 3.63) is 0 Å². The van der Waals surface area contributed by atoms with Crippen LogP contribution in [0.2, 0.25) is 0 Å². The molecule has 1 fully saturated rings. The second kappa shape index (κ2) is 6.27. The molecule has 6 heteroatoms. The monoisotopic (exact) mass is 238 g/mol. The van der Waals surface area contributed by atoms with E-state index in [2.05, 4.69) is 5.32 Å². The fourth-order valence-electron chi connectivity index (χ4n) is 1.07. The van der Waals surface area contributed by atoms with Crippen molar-refractivity contribution < 1.29 is 14.3 Å². The molecule has 0 aromatic heterocycles. The van der Waals surface area contributed by atoms with Gasteiger partial charge in [-0.05, 0) is 13.8 Å². The lowest BCUT2D eigenvalue weighted by Crippen LogP contribution is -2.50. The molecule has 0 saturated carbocycles. The predicted octanol–water partition coefficient (Wildman–Crippen LogP) is -0.323. The largest absolute Gasteiger partial charge is 0.376 e. The molecule has 1 heterocycles. The van der Waals surface area contributed by atoms with Crippen LogP contribution in [0.25, 0.3) is 0 Å². The van der Waals surface area contributed by atoms with E-state index in [1.807, 2.05) is 13.8 Å². The van der Waals surface area contributed by atoms with Gasteiger partial charge in [-0.15, -0.1) is 12.4 Å². The lowest BCUT2D eigenvalue weighted by Gasteiger charge is -2.24. The van der Waals surface area contributed by atoms with E-state index >= 15 is 0 Å². The molecule has 0 bridgehead atoms. The standard InChI is InChI=1S/C9H18N2O3.ClH/c1-9(2,10)6-11-8(12)7-5-13-3-4-14-7;/h7H,3-6,10H2,1-2H3,(H,11,12);1H. The Bertz CT molecular complexity index is 200. The number of carbonyl (C=O) groups excluding carboxylic acids is 1. The third kappa shape index (κ3) is 5.94. The quantitative estimate of drug-likeness (QED) is 0.707. The van der Waals surface area contributed by atoms with Crippen LogP contribution < -0.4 is 11.1 Å². The Morgan fingerprint density at radius 2 is 2.20 bits per heavy atom. The molecular weight excluding hydrogens is 220 g/mol. The van der Waals surface area contributed by atoms with Gasteiger partial charge in [0.2, 0.25) is 0 Å². The normalized spacial score (nSPS) is 21.7. The van der Waals surface area contributed by atoms with Crippen molar-refractivity contribution in [3.63, 3.8) is 0 Å². The van der Waals surface area contributed by atoms with Crippen LogP contribution in [0.5, 0.6) is 0 Å². The maximum atomic E-state index is 11.5. The van der Waals surface area contributed by atoms with Crippen LogP contribution in [0, 0.1) is 0 Å². The van der Waals surface area contributed by atoms with E-state index in [1.165, 1.54) is 0 Å². The maximum Gasteiger partial charge on any atom is 0.251 e. The first-order chi connectivity index (χ1) is 6.49. The lowest BCUT2D eigenvalue weighted by molar-refractivity contribution is -0.147. The van der Waals surface area contributed by atoms with E-state index in [9.17, 15) is 4.79 Å². The number of hydrogen-bond acceptors (Lipinski definition) is 4. The number of rotatable bonds is 3. The van der Waals surface area contributed by atoms with Gasteiger partial charge in [0.15, 0.2) is 6.10 Å². The fourth-order valence-corrected chi connectivity index (χ4v) is 1.07. The zero-order chi connectivity index (χ0) is 10.6. The summed E-state index contributed by atoms with van der Waals surface area (Å²) in [5.41, 5.74) is 5.33. The molecule has 0 spiro atoms. The highest BCUT2D eigenvalue weighted by Gasteiger charge is 2.23.